The molecule has 0 amide bonds. The van der Waals surface area contributed by atoms with Crippen molar-refractivity contribution >= 4 is 0 Å². The van der Waals surface area contributed by atoms with Gasteiger partial charge in [-0.25, -0.2) is 0 Å². The third kappa shape index (κ3) is 13.9. The molecule has 0 aromatic carbocycles. The monoisotopic (exact) mass is 219 g/mol. The normalized spacial score (nSPS) is 12.0. The number of aliphatic hydroxyl groups is 1. The van der Waals surface area contributed by atoms with Gasteiger partial charge in [-0.1, -0.05) is 13.8 Å². The van der Waals surface area contributed by atoms with Gasteiger partial charge in [0.25, 0.3) is 0 Å². The van der Waals surface area contributed by atoms with Crippen LogP contribution >= 0.6 is 0 Å². The topological polar surface area (TPSA) is 55.5 Å². The molecule has 94 valence electrons. The summed E-state index contributed by atoms with van der Waals surface area (Å²) in [4.78, 5) is 0. The van der Waals surface area contributed by atoms with Crippen molar-refractivity contribution in [2.75, 3.05) is 13.2 Å². The second-order valence-electron chi connectivity index (χ2n) is 4.82. The lowest BCUT2D eigenvalue weighted by Crippen LogP contribution is -2.35. The largest absolute Gasteiger partial charge is 0.396 e. The van der Waals surface area contributed by atoms with Crippen LogP contribution in [0.25, 0.3) is 0 Å². The summed E-state index contributed by atoms with van der Waals surface area (Å²) in [7, 11) is 0. The van der Waals surface area contributed by atoms with Gasteiger partial charge in [-0.15, -0.1) is 0 Å². The Bertz CT molecular complexity index is 139. The van der Waals surface area contributed by atoms with Gasteiger partial charge in [0.1, 0.15) is 0 Å². The molecule has 3 heteroatoms. The van der Waals surface area contributed by atoms with Crippen LogP contribution in [0.5, 0.6) is 0 Å². The van der Waals surface area contributed by atoms with Crippen molar-refractivity contribution in [3.8, 4) is 0 Å². The van der Waals surface area contributed by atoms with Crippen molar-refractivity contribution in [1.82, 2.24) is 0 Å². The van der Waals surface area contributed by atoms with Crippen LogP contribution in [-0.2, 0) is 4.74 Å². The molecule has 0 fully saturated rings. The Kier molecular flexibility index (Phi) is 9.31. The molecule has 15 heavy (non-hydrogen) atoms. The van der Waals surface area contributed by atoms with E-state index in [1.807, 2.05) is 41.5 Å². The average Bonchev–Trinajstić information content (AvgIpc) is 2.04. The predicted molar refractivity (Wildman–Crippen MR) is 66.0 cm³/mol. The molecule has 0 aromatic rings. The van der Waals surface area contributed by atoms with Crippen LogP contribution in [0, 0.1) is 0 Å². The van der Waals surface area contributed by atoms with Gasteiger partial charge in [-0.2, -0.15) is 0 Å². The van der Waals surface area contributed by atoms with Crippen molar-refractivity contribution in [2.45, 2.75) is 65.5 Å². The molecule has 3 nitrogen and oxygen atoms in total. The maximum atomic E-state index is 8.76. The van der Waals surface area contributed by atoms with Crippen LogP contribution in [0.1, 0.15) is 54.4 Å². The first kappa shape index (κ1) is 17.3. The maximum Gasteiger partial charge on any atom is 0.0648 e. The van der Waals surface area contributed by atoms with E-state index in [4.69, 9.17) is 15.6 Å². The summed E-state index contributed by atoms with van der Waals surface area (Å²) >= 11 is 0. The second kappa shape index (κ2) is 8.08. The molecule has 0 heterocycles. The minimum Gasteiger partial charge on any atom is -0.396 e. The van der Waals surface area contributed by atoms with Crippen molar-refractivity contribution in [3.05, 3.63) is 0 Å². The van der Waals surface area contributed by atoms with E-state index in [9.17, 15) is 0 Å². The molecule has 0 aliphatic heterocycles. The van der Waals surface area contributed by atoms with Crippen LogP contribution in [0.3, 0.4) is 0 Å². The Morgan fingerprint density at radius 2 is 1.53 bits per heavy atom. The molecular weight excluding hydrogens is 190 g/mol. The Hall–Kier alpha value is -0.120. The van der Waals surface area contributed by atoms with Crippen molar-refractivity contribution < 1.29 is 9.84 Å². The first-order chi connectivity index (χ1) is 6.77. The lowest BCUT2D eigenvalue weighted by Gasteiger charge is -2.27. The zero-order valence-corrected chi connectivity index (χ0v) is 11.3. The first-order valence-corrected chi connectivity index (χ1v) is 5.80. The van der Waals surface area contributed by atoms with E-state index in [1.54, 1.807) is 0 Å². The molecule has 0 aliphatic carbocycles. The zero-order chi connectivity index (χ0) is 12.5. The first-order valence-electron chi connectivity index (χ1n) is 5.80. The molecule has 0 unspecified atom stereocenters. The van der Waals surface area contributed by atoms with E-state index in [2.05, 4.69) is 0 Å². The minimum absolute atomic E-state index is 0.166. The van der Waals surface area contributed by atoms with Gasteiger partial charge in [0.2, 0.25) is 0 Å². The second-order valence-corrected chi connectivity index (χ2v) is 4.82. The van der Waals surface area contributed by atoms with Crippen LogP contribution < -0.4 is 5.73 Å². The highest BCUT2D eigenvalue weighted by atomic mass is 16.5. The highest BCUT2D eigenvalue weighted by molar-refractivity contribution is 4.73. The fraction of sp³-hybridized carbons (Fsp3) is 1.00. The summed E-state index contributed by atoms with van der Waals surface area (Å²) in [6.45, 7) is 12.7. The summed E-state index contributed by atoms with van der Waals surface area (Å²) in [5.74, 6) is 0. The lowest BCUT2D eigenvalue weighted by atomic mass is 10.0. The van der Waals surface area contributed by atoms with E-state index in [1.165, 1.54) is 0 Å². The molecule has 0 atom stereocenters. The molecular formula is C12H29NO2. The number of aliphatic hydroxyl groups excluding tert-OH is 1. The highest BCUT2D eigenvalue weighted by Crippen LogP contribution is 2.15. The fourth-order valence-electron chi connectivity index (χ4n) is 0.932. The van der Waals surface area contributed by atoms with Gasteiger partial charge in [0, 0.05) is 18.8 Å². The highest BCUT2D eigenvalue weighted by Gasteiger charge is 2.19. The molecule has 0 aromatic heterocycles. The number of hydrogen-bond acceptors (Lipinski definition) is 3. The van der Waals surface area contributed by atoms with E-state index in [0.29, 0.717) is 13.0 Å². The van der Waals surface area contributed by atoms with Crippen molar-refractivity contribution in [2.24, 2.45) is 5.73 Å². The summed E-state index contributed by atoms with van der Waals surface area (Å²) in [5, 5.41) is 8.76. The van der Waals surface area contributed by atoms with E-state index >= 15 is 0 Å². The summed E-state index contributed by atoms with van der Waals surface area (Å²) < 4.78 is 5.61. The molecule has 0 rings (SSSR count). The molecule has 0 bridgehead atoms. The Morgan fingerprint density at radius 3 is 1.87 bits per heavy atom. The predicted octanol–water partition coefficient (Wildman–Crippen LogP) is 2.32. The molecule has 3 N–H and O–H groups in total. The van der Waals surface area contributed by atoms with Crippen LogP contribution in [-0.4, -0.2) is 29.5 Å². The molecule has 0 aliphatic rings. The summed E-state index contributed by atoms with van der Waals surface area (Å²) in [5.41, 5.74) is 5.40. The van der Waals surface area contributed by atoms with Gasteiger partial charge < -0.3 is 15.6 Å². The van der Waals surface area contributed by atoms with Gasteiger partial charge in [0.15, 0.2) is 0 Å². The third-order valence-electron chi connectivity index (χ3n) is 1.95. The average molecular weight is 219 g/mol. The SMILES string of the molecule is CC.CC(C)(N)CCOC(C)(C)CCO. The van der Waals surface area contributed by atoms with Gasteiger partial charge in [-0.05, 0) is 40.5 Å². The number of ether oxygens (including phenoxy) is 1. The van der Waals surface area contributed by atoms with Gasteiger partial charge in [0.05, 0.1) is 5.60 Å². The van der Waals surface area contributed by atoms with Crippen LogP contribution in [0.4, 0.5) is 0 Å². The molecule has 0 saturated carbocycles. The lowest BCUT2D eigenvalue weighted by molar-refractivity contribution is -0.0376. The van der Waals surface area contributed by atoms with E-state index < -0.39 is 0 Å². The van der Waals surface area contributed by atoms with Crippen molar-refractivity contribution in [3.63, 3.8) is 0 Å². The van der Waals surface area contributed by atoms with E-state index in [-0.39, 0.29) is 17.7 Å². The standard InChI is InChI=1S/C10H23NO2.C2H6/c1-9(2,11)6-8-13-10(3,4)5-7-12;1-2/h12H,5-8,11H2,1-4H3;1-2H3. The van der Waals surface area contributed by atoms with Crippen LogP contribution in [0.2, 0.25) is 0 Å². The number of nitrogens with two attached hydrogens (primary N) is 1. The van der Waals surface area contributed by atoms with Gasteiger partial charge >= 0.3 is 0 Å². The zero-order valence-electron chi connectivity index (χ0n) is 11.3. The number of hydrogen-bond donors (Lipinski definition) is 2. The molecule has 0 radical (unpaired) electrons. The smallest absolute Gasteiger partial charge is 0.0648 e. The molecule has 0 spiro atoms. The number of rotatable bonds is 6. The summed E-state index contributed by atoms with van der Waals surface area (Å²) in [6.07, 6.45) is 1.50. The Morgan fingerprint density at radius 1 is 1.07 bits per heavy atom. The Balaban J connectivity index is 0. The molecule has 0 saturated heterocycles. The Labute approximate surface area is 95.0 Å². The maximum absolute atomic E-state index is 8.76. The van der Waals surface area contributed by atoms with Crippen LogP contribution in [0.15, 0.2) is 0 Å². The third-order valence-corrected chi connectivity index (χ3v) is 1.95. The van der Waals surface area contributed by atoms with Crippen molar-refractivity contribution in [1.29, 1.82) is 0 Å². The minimum atomic E-state index is -0.236. The van der Waals surface area contributed by atoms with Gasteiger partial charge in [-0.3, -0.25) is 0 Å². The quantitative estimate of drug-likeness (QED) is 0.721. The summed E-state index contributed by atoms with van der Waals surface area (Å²) in [6, 6.07) is 0. The van der Waals surface area contributed by atoms with E-state index in [0.717, 1.165) is 6.42 Å². The fourth-order valence-corrected chi connectivity index (χ4v) is 0.932.